The molecule has 0 rings (SSSR count). The van der Waals surface area contributed by atoms with Crippen molar-refractivity contribution in [3.8, 4) is 0 Å². The summed E-state index contributed by atoms with van der Waals surface area (Å²) in [6.07, 6.45) is 0. The van der Waals surface area contributed by atoms with Crippen molar-refractivity contribution in [1.82, 2.24) is 5.32 Å². The van der Waals surface area contributed by atoms with Crippen LogP contribution in [-0.4, -0.2) is 25.3 Å². The van der Waals surface area contributed by atoms with E-state index in [9.17, 15) is 0 Å². The first-order chi connectivity index (χ1) is 4.54. The van der Waals surface area contributed by atoms with E-state index in [0.29, 0.717) is 6.04 Å². The summed E-state index contributed by atoms with van der Waals surface area (Å²) in [5.74, 6) is 0. The largest absolute Gasteiger partial charge is 0.374 e. The minimum Gasteiger partial charge on any atom is -0.374 e. The van der Waals surface area contributed by atoms with Gasteiger partial charge in [-0.2, -0.15) is 0 Å². The predicted molar refractivity (Wildman–Crippen MR) is 44.2 cm³/mol. The van der Waals surface area contributed by atoms with Crippen LogP contribution in [0.25, 0.3) is 0 Å². The van der Waals surface area contributed by atoms with E-state index in [-0.39, 0.29) is 5.60 Å². The number of rotatable bonds is 4. The third kappa shape index (κ3) is 2.67. The summed E-state index contributed by atoms with van der Waals surface area (Å²) in [4.78, 5) is 0. The Morgan fingerprint density at radius 3 is 2.30 bits per heavy atom. The molecule has 0 radical (unpaired) electrons. The Balaban J connectivity index is 3.82. The molecule has 1 atom stereocenters. The molecule has 0 bridgehead atoms. The van der Waals surface area contributed by atoms with E-state index in [0.717, 1.165) is 6.61 Å². The van der Waals surface area contributed by atoms with Crippen LogP contribution in [0, 0.1) is 0 Å². The Labute approximate surface area is 64.0 Å². The molecule has 1 N–H and O–H groups in total. The summed E-state index contributed by atoms with van der Waals surface area (Å²) in [7, 11) is 1.95. The van der Waals surface area contributed by atoms with Gasteiger partial charge in [0.05, 0.1) is 5.60 Å². The number of hydrogen-bond donors (Lipinski definition) is 1. The molecular formula is C8H19NO. The second-order valence-electron chi connectivity index (χ2n) is 3.05. The second-order valence-corrected chi connectivity index (χ2v) is 3.05. The molecule has 0 fully saturated rings. The van der Waals surface area contributed by atoms with Crippen molar-refractivity contribution in [3.05, 3.63) is 0 Å². The van der Waals surface area contributed by atoms with E-state index in [1.807, 2.05) is 14.0 Å². The first-order valence-corrected chi connectivity index (χ1v) is 3.85. The third-order valence-electron chi connectivity index (χ3n) is 1.99. The van der Waals surface area contributed by atoms with Gasteiger partial charge >= 0.3 is 0 Å². The highest BCUT2D eigenvalue weighted by Crippen LogP contribution is 2.13. The van der Waals surface area contributed by atoms with Crippen LogP contribution in [0.1, 0.15) is 27.7 Å². The maximum atomic E-state index is 5.52. The molecule has 0 aromatic rings. The summed E-state index contributed by atoms with van der Waals surface area (Å²) in [5, 5.41) is 3.16. The smallest absolute Gasteiger partial charge is 0.0775 e. The van der Waals surface area contributed by atoms with Gasteiger partial charge < -0.3 is 10.1 Å². The quantitative estimate of drug-likeness (QED) is 0.646. The molecule has 0 aromatic heterocycles. The zero-order valence-electron chi connectivity index (χ0n) is 7.69. The molecular weight excluding hydrogens is 126 g/mol. The monoisotopic (exact) mass is 145 g/mol. The highest BCUT2D eigenvalue weighted by Gasteiger charge is 2.24. The van der Waals surface area contributed by atoms with Crippen molar-refractivity contribution in [3.63, 3.8) is 0 Å². The van der Waals surface area contributed by atoms with Crippen molar-refractivity contribution < 1.29 is 4.74 Å². The van der Waals surface area contributed by atoms with Crippen LogP contribution < -0.4 is 5.32 Å². The van der Waals surface area contributed by atoms with Gasteiger partial charge in [-0.05, 0) is 34.7 Å². The summed E-state index contributed by atoms with van der Waals surface area (Å²) < 4.78 is 5.52. The van der Waals surface area contributed by atoms with Gasteiger partial charge in [0.25, 0.3) is 0 Å². The van der Waals surface area contributed by atoms with Gasteiger partial charge in [-0.1, -0.05) is 0 Å². The number of hydrogen-bond acceptors (Lipinski definition) is 2. The van der Waals surface area contributed by atoms with Crippen LogP contribution in [0.5, 0.6) is 0 Å². The summed E-state index contributed by atoms with van der Waals surface area (Å²) in [6, 6.07) is 0.396. The summed E-state index contributed by atoms with van der Waals surface area (Å²) in [5.41, 5.74) is -0.0521. The lowest BCUT2D eigenvalue weighted by molar-refractivity contribution is -0.0319. The molecule has 10 heavy (non-hydrogen) atoms. The van der Waals surface area contributed by atoms with Crippen molar-refractivity contribution in [2.75, 3.05) is 13.7 Å². The van der Waals surface area contributed by atoms with E-state index >= 15 is 0 Å². The molecule has 0 aliphatic rings. The molecule has 0 spiro atoms. The van der Waals surface area contributed by atoms with Gasteiger partial charge in [0.1, 0.15) is 0 Å². The fourth-order valence-corrected chi connectivity index (χ4v) is 0.845. The maximum Gasteiger partial charge on any atom is 0.0775 e. The Morgan fingerprint density at radius 2 is 2.00 bits per heavy atom. The van der Waals surface area contributed by atoms with Crippen molar-refractivity contribution >= 4 is 0 Å². The summed E-state index contributed by atoms with van der Waals surface area (Å²) >= 11 is 0. The van der Waals surface area contributed by atoms with E-state index in [2.05, 4.69) is 26.1 Å². The van der Waals surface area contributed by atoms with Gasteiger partial charge in [0, 0.05) is 12.6 Å². The Kier molecular flexibility index (Phi) is 3.91. The minimum absolute atomic E-state index is 0.0521. The first-order valence-electron chi connectivity index (χ1n) is 3.85. The maximum absolute atomic E-state index is 5.52. The molecule has 0 aliphatic heterocycles. The van der Waals surface area contributed by atoms with E-state index < -0.39 is 0 Å². The van der Waals surface area contributed by atoms with Crippen molar-refractivity contribution in [2.24, 2.45) is 0 Å². The number of ether oxygens (including phenoxy) is 1. The van der Waals surface area contributed by atoms with E-state index in [1.54, 1.807) is 0 Å². The molecule has 0 saturated heterocycles. The first kappa shape index (κ1) is 9.92. The average molecular weight is 145 g/mol. The molecule has 0 heterocycles. The van der Waals surface area contributed by atoms with Crippen molar-refractivity contribution in [2.45, 2.75) is 39.3 Å². The lowest BCUT2D eigenvalue weighted by Gasteiger charge is -2.31. The lowest BCUT2D eigenvalue weighted by Crippen LogP contribution is -2.45. The van der Waals surface area contributed by atoms with Crippen LogP contribution in [0.4, 0.5) is 0 Å². The molecule has 0 aliphatic carbocycles. The predicted octanol–water partition coefficient (Wildman–Crippen LogP) is 1.41. The summed E-state index contributed by atoms with van der Waals surface area (Å²) in [6.45, 7) is 9.11. The van der Waals surface area contributed by atoms with Crippen LogP contribution in [-0.2, 0) is 4.74 Å². The normalized spacial score (nSPS) is 15.3. The van der Waals surface area contributed by atoms with Crippen molar-refractivity contribution in [1.29, 1.82) is 0 Å². The number of likely N-dealkylation sites (N-methyl/N-ethyl adjacent to an activating group) is 1. The standard InChI is InChI=1S/C8H19NO/c1-6-10-8(3,4)7(2)9-5/h7,9H,6H2,1-5H3. The molecule has 1 unspecified atom stereocenters. The number of nitrogens with one attached hydrogen (secondary N) is 1. The fourth-order valence-electron chi connectivity index (χ4n) is 0.845. The molecule has 2 nitrogen and oxygen atoms in total. The lowest BCUT2D eigenvalue weighted by atomic mass is 10.0. The molecule has 62 valence electrons. The second kappa shape index (κ2) is 3.94. The fraction of sp³-hybridized carbons (Fsp3) is 1.00. The van der Waals surface area contributed by atoms with Crippen LogP contribution in [0.2, 0.25) is 0 Å². The Hall–Kier alpha value is -0.0800. The topological polar surface area (TPSA) is 21.3 Å². The van der Waals surface area contributed by atoms with Crippen LogP contribution in [0.3, 0.4) is 0 Å². The molecule has 0 amide bonds. The van der Waals surface area contributed by atoms with Gasteiger partial charge in [0.2, 0.25) is 0 Å². The van der Waals surface area contributed by atoms with Gasteiger partial charge in [-0.25, -0.2) is 0 Å². The van der Waals surface area contributed by atoms with Crippen LogP contribution in [0.15, 0.2) is 0 Å². The van der Waals surface area contributed by atoms with Gasteiger partial charge in [0.15, 0.2) is 0 Å². The van der Waals surface area contributed by atoms with Crippen LogP contribution >= 0.6 is 0 Å². The third-order valence-corrected chi connectivity index (χ3v) is 1.99. The molecule has 0 saturated carbocycles. The average Bonchev–Trinajstić information content (AvgIpc) is 1.86. The molecule has 0 aromatic carbocycles. The minimum atomic E-state index is -0.0521. The van der Waals surface area contributed by atoms with E-state index in [4.69, 9.17) is 4.74 Å². The SMILES string of the molecule is CCOC(C)(C)C(C)NC. The zero-order valence-corrected chi connectivity index (χ0v) is 7.69. The van der Waals surface area contributed by atoms with Gasteiger partial charge in [-0.3, -0.25) is 0 Å². The van der Waals surface area contributed by atoms with E-state index in [1.165, 1.54) is 0 Å². The Morgan fingerprint density at radius 1 is 1.50 bits per heavy atom. The van der Waals surface area contributed by atoms with Gasteiger partial charge in [-0.15, -0.1) is 0 Å². The zero-order chi connectivity index (χ0) is 8.20. The molecule has 2 heteroatoms. The highest BCUT2D eigenvalue weighted by molar-refractivity contribution is 4.80. The highest BCUT2D eigenvalue weighted by atomic mass is 16.5. The Bertz CT molecular complexity index is 91.3.